The van der Waals surface area contributed by atoms with Crippen LogP contribution in [0.5, 0.6) is 11.5 Å². The first kappa shape index (κ1) is 35.9. The highest BCUT2D eigenvalue weighted by Crippen LogP contribution is 2.41. The Hall–Kier alpha value is -4.96. The molecule has 0 heterocycles. The van der Waals surface area contributed by atoms with Crippen molar-refractivity contribution >= 4 is 5.91 Å². The number of rotatable bonds is 9. The highest BCUT2D eigenvalue weighted by molar-refractivity contribution is 5.95. The molecule has 0 aromatic heterocycles. The van der Waals surface area contributed by atoms with E-state index in [0.29, 0.717) is 24.3 Å². The zero-order valence-electron chi connectivity index (χ0n) is 23.5. The molecule has 0 unspecified atom stereocenters. The van der Waals surface area contributed by atoms with Crippen LogP contribution in [0.25, 0.3) is 0 Å². The van der Waals surface area contributed by atoms with Gasteiger partial charge in [0.15, 0.2) is 0 Å². The molecule has 0 fully saturated rings. The molecule has 4 aromatic rings. The fourth-order valence-electron chi connectivity index (χ4n) is 4.71. The third-order valence-electron chi connectivity index (χ3n) is 6.90. The first-order valence-corrected chi connectivity index (χ1v) is 13.1. The van der Waals surface area contributed by atoms with Gasteiger partial charge in [0.25, 0.3) is 5.91 Å². The number of ether oxygens (including phenoxy) is 1. The molecule has 4 rings (SSSR count). The summed E-state index contributed by atoms with van der Waals surface area (Å²) in [5.74, 6) is -8.45. The Balaban J connectivity index is 2.06. The summed E-state index contributed by atoms with van der Waals surface area (Å²) >= 11 is 0. The second-order valence-electron chi connectivity index (χ2n) is 10.2. The largest absolute Gasteiger partial charge is 0.508 e. The number of alkyl halides is 10. The molecule has 0 aliphatic rings. The highest BCUT2D eigenvalue weighted by Gasteiger charge is 2.45. The lowest BCUT2D eigenvalue weighted by Crippen LogP contribution is -2.49. The SMILES string of the molecule is O=C(N[C@](Cc1ccc(O)cc1)(c1cc(F)cc(OC(F)(F)C(F)F)c1)c1ccc(F)c(C(F)(F)F)c1)c1ccc(F)c(C(F)(F)F)c1. The van der Waals surface area contributed by atoms with E-state index >= 15 is 0 Å². The number of phenols is 1. The first-order chi connectivity index (χ1) is 22.1. The molecule has 256 valence electrons. The summed E-state index contributed by atoms with van der Waals surface area (Å²) in [5.41, 5.74) is -9.14. The average Bonchev–Trinajstić information content (AvgIpc) is 2.96. The van der Waals surface area contributed by atoms with Crippen molar-refractivity contribution in [3.8, 4) is 11.5 Å². The van der Waals surface area contributed by atoms with Crippen molar-refractivity contribution in [1.82, 2.24) is 5.32 Å². The molecule has 4 nitrogen and oxygen atoms in total. The van der Waals surface area contributed by atoms with E-state index < -0.39 is 93.8 Å². The van der Waals surface area contributed by atoms with Gasteiger partial charge in [-0.3, -0.25) is 4.79 Å². The van der Waals surface area contributed by atoms with E-state index in [1.165, 1.54) is 0 Å². The summed E-state index contributed by atoms with van der Waals surface area (Å²) in [7, 11) is 0. The van der Waals surface area contributed by atoms with Crippen LogP contribution in [0.15, 0.2) is 78.9 Å². The number of hydrogen-bond donors (Lipinski definition) is 2. The lowest BCUT2D eigenvalue weighted by molar-refractivity contribution is -0.253. The van der Waals surface area contributed by atoms with Crippen molar-refractivity contribution in [3.63, 3.8) is 0 Å². The van der Waals surface area contributed by atoms with E-state index in [4.69, 9.17) is 0 Å². The number of phenolic OH excluding ortho intramolecular Hbond substituents is 1. The molecule has 4 aromatic carbocycles. The molecule has 1 amide bonds. The summed E-state index contributed by atoms with van der Waals surface area (Å²) < 4.78 is 183. The molecule has 17 heteroatoms. The minimum Gasteiger partial charge on any atom is -0.508 e. The van der Waals surface area contributed by atoms with Crippen LogP contribution in [-0.4, -0.2) is 23.5 Å². The van der Waals surface area contributed by atoms with Gasteiger partial charge in [0.1, 0.15) is 29.0 Å². The van der Waals surface area contributed by atoms with Crippen molar-refractivity contribution in [1.29, 1.82) is 0 Å². The molecule has 1 atom stereocenters. The van der Waals surface area contributed by atoms with Gasteiger partial charge in [-0.25, -0.2) is 13.2 Å². The van der Waals surface area contributed by atoms with Crippen LogP contribution >= 0.6 is 0 Å². The summed E-state index contributed by atoms with van der Waals surface area (Å²) in [5, 5.41) is 11.9. The maximum Gasteiger partial charge on any atom is 0.461 e. The molecular weight excluding hydrogens is 681 g/mol. The monoisotopic (exact) mass is 699 g/mol. The van der Waals surface area contributed by atoms with Crippen LogP contribution in [0.3, 0.4) is 0 Å². The molecule has 0 bridgehead atoms. The van der Waals surface area contributed by atoms with Gasteiger partial charge in [-0.2, -0.15) is 43.9 Å². The zero-order valence-corrected chi connectivity index (χ0v) is 23.5. The fourth-order valence-corrected chi connectivity index (χ4v) is 4.71. The predicted molar refractivity (Wildman–Crippen MR) is 141 cm³/mol. The van der Waals surface area contributed by atoms with Crippen LogP contribution < -0.4 is 10.1 Å². The normalized spacial score (nSPS) is 13.7. The van der Waals surface area contributed by atoms with Gasteiger partial charge in [0, 0.05) is 18.1 Å². The highest BCUT2D eigenvalue weighted by atomic mass is 19.4. The molecular formula is C31H18F13NO3. The third-order valence-corrected chi connectivity index (χ3v) is 6.90. The summed E-state index contributed by atoms with van der Waals surface area (Å²) in [6.45, 7) is 0. The predicted octanol–water partition coefficient (Wildman–Crippen LogP) is 9.00. The Bertz CT molecular complexity index is 1810. The van der Waals surface area contributed by atoms with Gasteiger partial charge in [-0.1, -0.05) is 18.2 Å². The Labute approximate surface area is 261 Å². The maximum absolute atomic E-state index is 15.0. The first-order valence-electron chi connectivity index (χ1n) is 13.1. The van der Waals surface area contributed by atoms with Gasteiger partial charge < -0.3 is 15.2 Å². The Morgan fingerprint density at radius 3 is 1.83 bits per heavy atom. The van der Waals surface area contributed by atoms with Crippen molar-refractivity contribution in [2.75, 3.05) is 0 Å². The lowest BCUT2D eigenvalue weighted by Gasteiger charge is -2.37. The number of nitrogens with one attached hydrogen (secondary N) is 1. The smallest absolute Gasteiger partial charge is 0.461 e. The molecule has 2 N–H and O–H groups in total. The summed E-state index contributed by atoms with van der Waals surface area (Å²) in [6.07, 6.45) is -21.3. The molecule has 0 spiro atoms. The second-order valence-corrected chi connectivity index (χ2v) is 10.2. The Morgan fingerprint density at radius 1 is 0.708 bits per heavy atom. The van der Waals surface area contributed by atoms with E-state index in [9.17, 15) is 67.0 Å². The molecule has 0 saturated heterocycles. The van der Waals surface area contributed by atoms with Gasteiger partial charge in [0.05, 0.1) is 16.7 Å². The Kier molecular flexibility index (Phi) is 9.66. The van der Waals surface area contributed by atoms with Crippen LogP contribution in [0, 0.1) is 17.5 Å². The van der Waals surface area contributed by atoms with Crippen LogP contribution in [-0.2, 0) is 24.3 Å². The topological polar surface area (TPSA) is 58.6 Å². The molecule has 0 aliphatic carbocycles. The number of halogens is 13. The van der Waals surface area contributed by atoms with Crippen LogP contribution in [0.4, 0.5) is 57.1 Å². The van der Waals surface area contributed by atoms with E-state index in [0.717, 1.165) is 24.3 Å². The molecule has 48 heavy (non-hydrogen) atoms. The van der Waals surface area contributed by atoms with Crippen molar-refractivity contribution in [3.05, 3.63) is 130 Å². The quantitative estimate of drug-likeness (QED) is 0.172. The van der Waals surface area contributed by atoms with E-state index in [1.54, 1.807) is 0 Å². The zero-order chi connectivity index (χ0) is 35.8. The Morgan fingerprint density at radius 2 is 1.27 bits per heavy atom. The van der Waals surface area contributed by atoms with Gasteiger partial charge in [-0.05, 0) is 71.3 Å². The number of benzene rings is 4. The van der Waals surface area contributed by atoms with Crippen molar-refractivity contribution in [2.45, 2.75) is 36.8 Å². The van der Waals surface area contributed by atoms with Gasteiger partial charge in [-0.15, -0.1) is 0 Å². The van der Waals surface area contributed by atoms with E-state index in [1.807, 2.05) is 0 Å². The maximum atomic E-state index is 15.0. The summed E-state index contributed by atoms with van der Waals surface area (Å²) in [6, 6.07) is 7.35. The van der Waals surface area contributed by atoms with Gasteiger partial charge in [0.2, 0.25) is 0 Å². The van der Waals surface area contributed by atoms with Crippen molar-refractivity contribution < 1.29 is 71.7 Å². The number of hydrogen-bond acceptors (Lipinski definition) is 3. The molecule has 0 aliphatic heterocycles. The number of aromatic hydroxyl groups is 1. The van der Waals surface area contributed by atoms with E-state index in [2.05, 4.69) is 10.1 Å². The fraction of sp³-hybridized carbons (Fsp3) is 0.194. The number of carbonyl (C=O) groups is 1. The third kappa shape index (κ3) is 7.77. The minimum atomic E-state index is -5.41. The minimum absolute atomic E-state index is 0.0225. The molecule has 0 saturated carbocycles. The number of carbonyl (C=O) groups excluding carboxylic acids is 1. The van der Waals surface area contributed by atoms with Gasteiger partial charge >= 0.3 is 24.9 Å². The molecule has 0 radical (unpaired) electrons. The van der Waals surface area contributed by atoms with E-state index in [-0.39, 0.29) is 41.6 Å². The average molecular weight is 699 g/mol. The lowest BCUT2D eigenvalue weighted by atomic mass is 9.77. The van der Waals surface area contributed by atoms with Crippen molar-refractivity contribution in [2.24, 2.45) is 0 Å². The summed E-state index contributed by atoms with van der Waals surface area (Å²) in [4.78, 5) is 13.6. The van der Waals surface area contributed by atoms with Crippen LogP contribution in [0.2, 0.25) is 0 Å². The van der Waals surface area contributed by atoms with Crippen LogP contribution in [0.1, 0.15) is 38.2 Å². The standard InChI is InChI=1S/C31H18F13NO3/c32-19-10-18(11-21(13-19)48-31(43,44)27(35)36)28(14-15-1-5-20(46)6-2-15,17-4-8-25(34)23(12-17)30(40,41)42)45-26(47)16-3-7-24(33)22(9-16)29(37,38)39/h1-13,27,46H,14H2,(H,45,47)/t28-/m0/s1. The second kappa shape index (κ2) is 12.9. The number of amides is 1.